The predicted molar refractivity (Wildman–Crippen MR) is 65.6 cm³/mol. The van der Waals surface area contributed by atoms with Crippen LogP contribution in [0.1, 0.15) is 11.5 Å². The van der Waals surface area contributed by atoms with Crippen LogP contribution in [0.2, 0.25) is 0 Å². The largest absolute Gasteiger partial charge is 0.480 e. The topological polar surface area (TPSA) is 133 Å². The normalized spacial score (nSPS) is 11.8. The fraction of sp³-hybridized carbons (Fsp3) is 0.273. The molecule has 0 saturated carbocycles. The van der Waals surface area contributed by atoms with Crippen molar-refractivity contribution in [1.82, 2.24) is 25.8 Å². The summed E-state index contributed by atoms with van der Waals surface area (Å²) in [5, 5.41) is 17.4. The van der Waals surface area contributed by atoms with Crippen molar-refractivity contribution in [2.75, 3.05) is 0 Å². The molecule has 2 rings (SSSR count). The van der Waals surface area contributed by atoms with Crippen LogP contribution in [0.4, 0.5) is 4.79 Å². The Bertz CT molecular complexity index is 551. The van der Waals surface area contributed by atoms with Gasteiger partial charge in [0.1, 0.15) is 6.04 Å². The maximum atomic E-state index is 11.6. The molecule has 9 heteroatoms. The van der Waals surface area contributed by atoms with E-state index in [2.05, 4.69) is 25.8 Å². The van der Waals surface area contributed by atoms with Crippen molar-refractivity contribution in [2.45, 2.75) is 19.0 Å². The third-order valence-corrected chi connectivity index (χ3v) is 2.50. The van der Waals surface area contributed by atoms with Crippen molar-refractivity contribution in [3.63, 3.8) is 0 Å². The predicted octanol–water partition coefficient (Wildman–Crippen LogP) is -0.107. The minimum absolute atomic E-state index is 0.116. The number of carboxylic acids is 1. The van der Waals surface area contributed by atoms with Crippen LogP contribution in [0.25, 0.3) is 0 Å². The molecular formula is C11H13N5O4. The van der Waals surface area contributed by atoms with Gasteiger partial charge in [-0.3, -0.25) is 0 Å². The van der Waals surface area contributed by atoms with E-state index in [9.17, 15) is 9.59 Å². The quantitative estimate of drug-likeness (QED) is 0.583. The lowest BCUT2D eigenvalue weighted by molar-refractivity contribution is -0.139. The molecule has 0 aromatic carbocycles. The van der Waals surface area contributed by atoms with Crippen molar-refractivity contribution in [3.8, 4) is 0 Å². The highest BCUT2D eigenvalue weighted by Gasteiger charge is 2.20. The number of H-pyrrole nitrogens is 1. The number of urea groups is 1. The Kier molecular flexibility index (Phi) is 4.32. The van der Waals surface area contributed by atoms with Crippen molar-refractivity contribution >= 4 is 12.0 Å². The van der Waals surface area contributed by atoms with Gasteiger partial charge in [0.25, 0.3) is 0 Å². The van der Waals surface area contributed by atoms with Gasteiger partial charge in [-0.25, -0.2) is 14.6 Å². The van der Waals surface area contributed by atoms with Crippen LogP contribution in [0.15, 0.2) is 29.3 Å². The molecule has 2 amide bonds. The molecule has 106 valence electrons. The zero-order chi connectivity index (χ0) is 14.4. The molecule has 0 aliphatic rings. The standard InChI is InChI=1S/C11H13N5O4/c17-10(18)9(3-7-4-12-6-14-7)16-11(19)13-5-8-1-2-15-20-8/h1-2,4,6,9H,3,5H2,(H,12,14)(H,17,18)(H2,13,16,19)/t9-/m0/s1. The first-order valence-corrected chi connectivity index (χ1v) is 5.79. The summed E-state index contributed by atoms with van der Waals surface area (Å²) in [6.45, 7) is 0.127. The Balaban J connectivity index is 1.84. The molecule has 0 saturated heterocycles. The van der Waals surface area contributed by atoms with Gasteiger partial charge in [0.05, 0.1) is 19.1 Å². The van der Waals surface area contributed by atoms with Crippen LogP contribution in [0, 0.1) is 0 Å². The second kappa shape index (κ2) is 6.36. The van der Waals surface area contributed by atoms with Crippen LogP contribution >= 0.6 is 0 Å². The molecule has 20 heavy (non-hydrogen) atoms. The number of rotatable bonds is 6. The maximum absolute atomic E-state index is 11.6. The van der Waals surface area contributed by atoms with Gasteiger partial charge < -0.3 is 25.2 Å². The molecule has 0 radical (unpaired) electrons. The lowest BCUT2D eigenvalue weighted by Gasteiger charge is -2.13. The van der Waals surface area contributed by atoms with E-state index in [0.29, 0.717) is 11.5 Å². The molecule has 2 aromatic heterocycles. The maximum Gasteiger partial charge on any atom is 0.326 e. The number of imidazole rings is 1. The van der Waals surface area contributed by atoms with E-state index in [1.165, 1.54) is 18.7 Å². The number of carbonyl (C=O) groups is 2. The van der Waals surface area contributed by atoms with Gasteiger partial charge >= 0.3 is 12.0 Å². The summed E-state index contributed by atoms with van der Waals surface area (Å²) in [5.41, 5.74) is 0.618. The number of carboxylic acid groups (broad SMARTS) is 1. The van der Waals surface area contributed by atoms with Crippen LogP contribution in [0.5, 0.6) is 0 Å². The first kappa shape index (κ1) is 13.6. The summed E-state index contributed by atoms with van der Waals surface area (Å²) in [6, 6.07) is -0.0574. The third-order valence-electron chi connectivity index (χ3n) is 2.50. The SMILES string of the molecule is O=C(NCc1ccno1)N[C@@H](Cc1cnc[nH]1)C(=O)O. The number of amides is 2. The average Bonchev–Trinajstić information content (AvgIpc) is 3.08. The summed E-state index contributed by atoms with van der Waals surface area (Å²) >= 11 is 0. The van der Waals surface area contributed by atoms with E-state index in [1.54, 1.807) is 6.07 Å². The lowest BCUT2D eigenvalue weighted by atomic mass is 10.2. The molecule has 2 heterocycles. The number of hydrogen-bond acceptors (Lipinski definition) is 5. The Morgan fingerprint density at radius 2 is 2.35 bits per heavy atom. The number of carbonyl (C=O) groups excluding carboxylic acids is 1. The zero-order valence-corrected chi connectivity index (χ0v) is 10.4. The van der Waals surface area contributed by atoms with Gasteiger partial charge in [0.15, 0.2) is 5.76 Å². The highest BCUT2D eigenvalue weighted by molar-refractivity contribution is 5.82. The van der Waals surface area contributed by atoms with Crippen molar-refractivity contribution in [1.29, 1.82) is 0 Å². The Morgan fingerprint density at radius 3 is 2.95 bits per heavy atom. The highest BCUT2D eigenvalue weighted by Crippen LogP contribution is 1.99. The molecule has 2 aromatic rings. The molecule has 0 spiro atoms. The van der Waals surface area contributed by atoms with E-state index in [1.807, 2.05) is 0 Å². The third kappa shape index (κ3) is 3.83. The molecule has 0 unspecified atom stereocenters. The van der Waals surface area contributed by atoms with E-state index in [0.717, 1.165) is 0 Å². The first-order chi connectivity index (χ1) is 9.65. The summed E-state index contributed by atoms with van der Waals surface area (Å²) in [7, 11) is 0. The summed E-state index contributed by atoms with van der Waals surface area (Å²) in [6.07, 6.45) is 4.51. The smallest absolute Gasteiger partial charge is 0.326 e. The minimum atomic E-state index is -1.13. The second-order valence-electron chi connectivity index (χ2n) is 3.98. The van der Waals surface area contributed by atoms with E-state index >= 15 is 0 Å². The second-order valence-corrected chi connectivity index (χ2v) is 3.98. The molecular weight excluding hydrogens is 266 g/mol. The van der Waals surface area contributed by atoms with Crippen molar-refractivity contribution in [2.24, 2.45) is 0 Å². The Morgan fingerprint density at radius 1 is 1.50 bits per heavy atom. The van der Waals surface area contributed by atoms with Crippen LogP contribution < -0.4 is 10.6 Å². The van der Waals surface area contributed by atoms with Gasteiger partial charge in [-0.1, -0.05) is 5.16 Å². The highest BCUT2D eigenvalue weighted by atomic mass is 16.5. The number of nitrogens with one attached hydrogen (secondary N) is 3. The number of aromatic nitrogens is 3. The summed E-state index contributed by atoms with van der Waals surface area (Å²) in [4.78, 5) is 29.3. The van der Waals surface area contributed by atoms with Gasteiger partial charge in [-0.15, -0.1) is 0 Å². The number of aliphatic carboxylic acids is 1. The van der Waals surface area contributed by atoms with E-state index in [-0.39, 0.29) is 13.0 Å². The monoisotopic (exact) mass is 279 g/mol. The Hall–Kier alpha value is -2.84. The molecule has 4 N–H and O–H groups in total. The molecule has 9 nitrogen and oxygen atoms in total. The number of nitrogens with zero attached hydrogens (tertiary/aromatic N) is 2. The fourth-order valence-electron chi connectivity index (χ4n) is 1.53. The molecule has 0 fully saturated rings. The van der Waals surface area contributed by atoms with Crippen LogP contribution in [-0.2, 0) is 17.8 Å². The molecule has 0 aliphatic heterocycles. The van der Waals surface area contributed by atoms with Gasteiger partial charge in [-0.05, 0) is 0 Å². The molecule has 1 atom stereocenters. The van der Waals surface area contributed by atoms with Crippen LogP contribution in [0.3, 0.4) is 0 Å². The Labute approximate surface area is 113 Å². The first-order valence-electron chi connectivity index (χ1n) is 5.79. The van der Waals surface area contributed by atoms with Gasteiger partial charge in [-0.2, -0.15) is 0 Å². The zero-order valence-electron chi connectivity index (χ0n) is 10.4. The van der Waals surface area contributed by atoms with E-state index < -0.39 is 18.0 Å². The van der Waals surface area contributed by atoms with Crippen molar-refractivity contribution < 1.29 is 19.2 Å². The minimum Gasteiger partial charge on any atom is -0.480 e. The van der Waals surface area contributed by atoms with Gasteiger partial charge in [0.2, 0.25) is 0 Å². The summed E-state index contributed by atoms with van der Waals surface area (Å²) in [5.74, 6) is -0.657. The van der Waals surface area contributed by atoms with Gasteiger partial charge in [0, 0.05) is 24.4 Å². The number of aromatic amines is 1. The van der Waals surface area contributed by atoms with Crippen LogP contribution in [-0.4, -0.2) is 38.3 Å². The molecule has 0 aliphatic carbocycles. The fourth-order valence-corrected chi connectivity index (χ4v) is 1.53. The van der Waals surface area contributed by atoms with E-state index in [4.69, 9.17) is 9.63 Å². The number of hydrogen-bond donors (Lipinski definition) is 4. The summed E-state index contributed by atoms with van der Waals surface area (Å²) < 4.78 is 4.80. The molecule has 0 bridgehead atoms. The lowest BCUT2D eigenvalue weighted by Crippen LogP contribution is -2.46. The average molecular weight is 279 g/mol. The van der Waals surface area contributed by atoms with Crippen molar-refractivity contribution in [3.05, 3.63) is 36.2 Å².